The first kappa shape index (κ1) is 21.8. The summed E-state index contributed by atoms with van der Waals surface area (Å²) in [5.74, 6) is 4.04. The lowest BCUT2D eigenvalue weighted by Gasteiger charge is -2.45. The van der Waals surface area contributed by atoms with Crippen LogP contribution in [0.4, 0.5) is 0 Å². The van der Waals surface area contributed by atoms with E-state index in [1.165, 1.54) is 57.9 Å². The predicted molar refractivity (Wildman–Crippen MR) is 143 cm³/mol. The number of hydrogen-bond acceptors (Lipinski definition) is 2. The van der Waals surface area contributed by atoms with Gasteiger partial charge in [0.2, 0.25) is 0 Å². The molecular weight excluding hydrogens is 415 g/mol. The zero-order chi connectivity index (χ0) is 23.8. The monoisotopic (exact) mass is 450 g/mol. The molecule has 0 aromatic heterocycles. The van der Waals surface area contributed by atoms with E-state index < -0.39 is 0 Å². The van der Waals surface area contributed by atoms with Crippen molar-refractivity contribution in [2.45, 2.75) is 84.5 Å². The van der Waals surface area contributed by atoms with Crippen LogP contribution in [0, 0.1) is 6.92 Å². The Morgan fingerprint density at radius 2 is 1.53 bits per heavy atom. The van der Waals surface area contributed by atoms with Gasteiger partial charge in [-0.1, -0.05) is 65.3 Å². The van der Waals surface area contributed by atoms with Gasteiger partial charge in [-0.2, -0.15) is 0 Å². The Morgan fingerprint density at radius 1 is 0.824 bits per heavy atom. The topological polar surface area (TPSA) is 18.5 Å². The first-order chi connectivity index (χ1) is 16.2. The molecule has 0 N–H and O–H groups in total. The van der Waals surface area contributed by atoms with E-state index in [9.17, 15) is 0 Å². The van der Waals surface area contributed by atoms with Gasteiger partial charge >= 0.3 is 0 Å². The molecule has 0 saturated carbocycles. The number of unbranched alkanes of at least 4 members (excludes halogenated alkanes) is 1. The quantitative estimate of drug-likeness (QED) is 0.296. The maximum absolute atomic E-state index is 6.84. The molecule has 2 heterocycles. The van der Waals surface area contributed by atoms with E-state index in [0.717, 1.165) is 35.8 Å². The van der Waals surface area contributed by atoms with Crippen LogP contribution < -0.4 is 25.9 Å². The van der Waals surface area contributed by atoms with Gasteiger partial charge < -0.3 is 9.47 Å². The summed E-state index contributed by atoms with van der Waals surface area (Å²) in [5, 5.41) is 0. The van der Waals surface area contributed by atoms with E-state index >= 15 is 0 Å². The average Bonchev–Trinajstić information content (AvgIpc) is 2.79. The van der Waals surface area contributed by atoms with Gasteiger partial charge in [0.1, 0.15) is 23.0 Å². The Labute approximate surface area is 204 Å². The van der Waals surface area contributed by atoms with Gasteiger partial charge in [-0.3, -0.25) is 0 Å². The molecule has 3 aromatic carbocycles. The molecule has 3 heteroatoms. The molecule has 0 unspecified atom stereocenters. The Bertz CT molecular complexity index is 1320. The molecule has 2 nitrogen and oxygen atoms in total. The highest BCUT2D eigenvalue weighted by molar-refractivity contribution is 6.98. The highest BCUT2D eigenvalue weighted by Crippen LogP contribution is 2.52. The average molecular weight is 450 g/mol. The van der Waals surface area contributed by atoms with Crippen LogP contribution in [0.5, 0.6) is 23.0 Å². The van der Waals surface area contributed by atoms with Crippen LogP contribution in [0.2, 0.25) is 0 Å². The summed E-state index contributed by atoms with van der Waals surface area (Å²) < 4.78 is 13.6. The van der Waals surface area contributed by atoms with Gasteiger partial charge in [0.05, 0.1) is 0 Å². The molecule has 0 spiro atoms. The Kier molecular flexibility index (Phi) is 4.76. The minimum Gasteiger partial charge on any atom is -0.458 e. The van der Waals surface area contributed by atoms with Crippen LogP contribution in [0.1, 0.15) is 82.6 Å². The van der Waals surface area contributed by atoms with Crippen LogP contribution in [-0.2, 0) is 17.3 Å². The molecule has 0 atom stereocenters. The second kappa shape index (κ2) is 7.41. The fourth-order valence-corrected chi connectivity index (χ4v) is 6.32. The molecule has 0 radical (unpaired) electrons. The molecule has 0 fully saturated rings. The Balaban J connectivity index is 1.64. The first-order valence-electron chi connectivity index (χ1n) is 13.0. The van der Waals surface area contributed by atoms with E-state index in [2.05, 4.69) is 84.0 Å². The maximum Gasteiger partial charge on any atom is 0.260 e. The lowest BCUT2D eigenvalue weighted by atomic mass is 9.34. The van der Waals surface area contributed by atoms with Gasteiger partial charge in [0.15, 0.2) is 0 Å². The van der Waals surface area contributed by atoms with Gasteiger partial charge in [0.25, 0.3) is 6.71 Å². The summed E-state index contributed by atoms with van der Waals surface area (Å²) in [5.41, 5.74) is 9.24. The normalized spacial score (nSPS) is 18.1. The largest absolute Gasteiger partial charge is 0.458 e. The second-order valence-electron chi connectivity index (χ2n) is 12.0. The van der Waals surface area contributed by atoms with Crippen molar-refractivity contribution in [3.8, 4) is 23.0 Å². The smallest absolute Gasteiger partial charge is 0.260 e. The van der Waals surface area contributed by atoms with Crippen LogP contribution in [0.25, 0.3) is 0 Å². The molecule has 1 aliphatic carbocycles. The van der Waals surface area contributed by atoms with Gasteiger partial charge in [-0.25, -0.2) is 0 Å². The Morgan fingerprint density at radius 3 is 2.29 bits per heavy atom. The third kappa shape index (κ3) is 3.16. The zero-order valence-electron chi connectivity index (χ0n) is 21.5. The molecular formula is C31H35BO2. The molecule has 0 bridgehead atoms. The van der Waals surface area contributed by atoms with Crippen molar-refractivity contribution < 1.29 is 9.47 Å². The van der Waals surface area contributed by atoms with E-state index in [-0.39, 0.29) is 17.5 Å². The fourth-order valence-electron chi connectivity index (χ4n) is 6.32. The first-order valence-corrected chi connectivity index (χ1v) is 13.0. The van der Waals surface area contributed by atoms with Crippen LogP contribution in [0.3, 0.4) is 0 Å². The van der Waals surface area contributed by atoms with Crippen LogP contribution in [-0.4, -0.2) is 6.71 Å². The van der Waals surface area contributed by atoms with Crippen molar-refractivity contribution in [2.75, 3.05) is 0 Å². The highest BCUT2D eigenvalue weighted by Gasteiger charge is 2.47. The van der Waals surface area contributed by atoms with Crippen molar-refractivity contribution in [1.82, 2.24) is 0 Å². The highest BCUT2D eigenvalue weighted by atomic mass is 16.5. The Hall–Kier alpha value is -2.68. The number of aryl methyl sites for hydroxylation is 2. The van der Waals surface area contributed by atoms with Gasteiger partial charge in [-0.05, 0) is 89.3 Å². The minimum atomic E-state index is 0.0609. The SMILES string of the molecule is CCCCc1ccc2c(c1)Oc1cc3c(c4c1B2c1ccc(C)cc1O4)C(C)(C)CCC3(C)C. The van der Waals surface area contributed by atoms with Crippen molar-refractivity contribution in [1.29, 1.82) is 0 Å². The zero-order valence-corrected chi connectivity index (χ0v) is 21.5. The minimum absolute atomic E-state index is 0.0609. The fraction of sp³-hybridized carbons (Fsp3) is 0.419. The van der Waals surface area contributed by atoms with Crippen molar-refractivity contribution in [3.05, 3.63) is 64.7 Å². The molecule has 0 saturated heterocycles. The van der Waals surface area contributed by atoms with Crippen molar-refractivity contribution >= 4 is 23.1 Å². The summed E-state index contributed by atoms with van der Waals surface area (Å²) in [7, 11) is 0. The van der Waals surface area contributed by atoms with E-state index in [1.807, 2.05) is 0 Å². The lowest BCUT2D eigenvalue weighted by molar-refractivity contribution is 0.318. The van der Waals surface area contributed by atoms with Gasteiger partial charge in [0, 0.05) is 11.0 Å². The molecule has 174 valence electrons. The summed E-state index contributed by atoms with van der Waals surface area (Å²) in [6, 6.07) is 15.9. The molecule has 2 aliphatic heterocycles. The molecule has 0 amide bonds. The number of benzene rings is 3. The molecule has 3 aliphatic rings. The third-order valence-electron chi connectivity index (χ3n) is 8.47. The summed E-state index contributed by atoms with van der Waals surface area (Å²) in [6.07, 6.45) is 5.83. The van der Waals surface area contributed by atoms with Crippen molar-refractivity contribution in [3.63, 3.8) is 0 Å². The molecule has 3 aromatic rings. The van der Waals surface area contributed by atoms with E-state index in [0.29, 0.717) is 0 Å². The summed E-state index contributed by atoms with van der Waals surface area (Å²) >= 11 is 0. The number of fused-ring (bicyclic) bond motifs is 6. The maximum atomic E-state index is 6.84. The standard InChI is InChI=1S/C31H35BO2/c1-7-8-9-20-11-13-23-25(17-20)33-26-18-21-27(31(5,6)15-14-30(21,3)4)29-28(26)32(23)22-12-10-19(2)16-24(22)34-29/h10-13,16-18H,7-9,14-15H2,1-6H3. The third-order valence-corrected chi connectivity index (χ3v) is 8.47. The predicted octanol–water partition coefficient (Wildman–Crippen LogP) is 6.41. The van der Waals surface area contributed by atoms with Gasteiger partial charge in [-0.15, -0.1) is 0 Å². The molecule has 34 heavy (non-hydrogen) atoms. The molecule has 6 rings (SSSR count). The summed E-state index contributed by atoms with van der Waals surface area (Å²) in [4.78, 5) is 0. The number of rotatable bonds is 3. The summed E-state index contributed by atoms with van der Waals surface area (Å²) in [6.45, 7) is 14.0. The number of ether oxygens (including phenoxy) is 2. The number of hydrogen-bond donors (Lipinski definition) is 0. The second-order valence-corrected chi connectivity index (χ2v) is 12.0. The van der Waals surface area contributed by atoms with E-state index in [4.69, 9.17) is 9.47 Å². The lowest BCUT2D eigenvalue weighted by Crippen LogP contribution is -2.58. The van der Waals surface area contributed by atoms with Crippen LogP contribution in [0.15, 0.2) is 42.5 Å². The van der Waals surface area contributed by atoms with E-state index in [1.54, 1.807) is 0 Å². The van der Waals surface area contributed by atoms with Crippen molar-refractivity contribution in [2.24, 2.45) is 0 Å². The van der Waals surface area contributed by atoms with Crippen LogP contribution >= 0.6 is 0 Å².